The van der Waals surface area contributed by atoms with Gasteiger partial charge >= 0.3 is 0 Å². The summed E-state index contributed by atoms with van der Waals surface area (Å²) in [6, 6.07) is 4.67. The molecule has 0 saturated heterocycles. The molecule has 3 heteroatoms. The smallest absolute Gasteiger partial charge is 0.129 e. The highest BCUT2D eigenvalue weighted by atomic mass is 79.9. The third-order valence-electron chi connectivity index (χ3n) is 3.06. The van der Waals surface area contributed by atoms with Gasteiger partial charge in [-0.3, -0.25) is 0 Å². The first-order valence-corrected chi connectivity index (χ1v) is 6.42. The Bertz CT molecular complexity index is 327. The van der Waals surface area contributed by atoms with Crippen molar-refractivity contribution in [3.8, 4) is 0 Å². The minimum absolute atomic E-state index is 0.620. The van der Waals surface area contributed by atoms with E-state index in [0.717, 1.165) is 16.2 Å². The summed E-state index contributed by atoms with van der Waals surface area (Å²) in [4.78, 5) is 4.22. The fraction of sp³-hybridized carbons (Fsp3) is 0.583. The monoisotopic (exact) mass is 268 g/mol. The van der Waals surface area contributed by atoms with E-state index in [0.29, 0.717) is 6.04 Å². The van der Waals surface area contributed by atoms with Gasteiger partial charge in [0.15, 0.2) is 0 Å². The van der Waals surface area contributed by atoms with Crippen LogP contribution in [0.4, 0.5) is 5.69 Å². The lowest BCUT2D eigenvalue weighted by Gasteiger charge is -2.28. The molecule has 2 rings (SSSR count). The molecule has 15 heavy (non-hydrogen) atoms. The number of nitrogens with one attached hydrogen (secondary N) is 1. The summed E-state index contributed by atoms with van der Waals surface area (Å²) >= 11 is 3.46. The topological polar surface area (TPSA) is 24.9 Å². The molecule has 1 saturated carbocycles. The van der Waals surface area contributed by atoms with Gasteiger partial charge in [-0.2, -0.15) is 0 Å². The number of hydrogen-bond donors (Lipinski definition) is 1. The number of hydrogen-bond acceptors (Lipinski definition) is 2. The van der Waals surface area contributed by atoms with Crippen LogP contribution in [0.2, 0.25) is 0 Å². The Hall–Kier alpha value is -0.570. The van der Waals surface area contributed by atoms with Crippen molar-refractivity contribution in [3.63, 3.8) is 0 Å². The van der Waals surface area contributed by atoms with E-state index in [-0.39, 0.29) is 0 Å². The predicted octanol–water partition coefficient (Wildman–Crippen LogP) is 3.83. The zero-order valence-electron chi connectivity index (χ0n) is 9.04. The molecular weight excluding hydrogens is 252 g/mol. The molecule has 1 aliphatic carbocycles. The van der Waals surface area contributed by atoms with Crippen molar-refractivity contribution in [2.24, 2.45) is 5.92 Å². The molecule has 1 aromatic rings. The molecule has 1 aromatic heterocycles. The van der Waals surface area contributed by atoms with Crippen LogP contribution in [-0.2, 0) is 0 Å². The quantitative estimate of drug-likeness (QED) is 0.825. The summed E-state index contributed by atoms with van der Waals surface area (Å²) < 4.78 is 0.920. The molecular formula is C12H17BrN2. The second-order valence-corrected chi connectivity index (χ2v) is 5.21. The van der Waals surface area contributed by atoms with Crippen molar-refractivity contribution in [1.29, 1.82) is 0 Å². The minimum atomic E-state index is 0.620. The Morgan fingerprint density at radius 3 is 3.07 bits per heavy atom. The summed E-state index contributed by atoms with van der Waals surface area (Å²) in [7, 11) is 0. The van der Waals surface area contributed by atoms with Gasteiger partial charge in [0, 0.05) is 12.2 Å². The van der Waals surface area contributed by atoms with Gasteiger partial charge in [0.1, 0.15) is 4.60 Å². The lowest BCUT2D eigenvalue weighted by Crippen LogP contribution is -2.26. The molecule has 2 nitrogen and oxygen atoms in total. The van der Waals surface area contributed by atoms with Crippen LogP contribution >= 0.6 is 15.9 Å². The van der Waals surface area contributed by atoms with Crippen LogP contribution in [0, 0.1) is 5.92 Å². The maximum absolute atomic E-state index is 4.22. The van der Waals surface area contributed by atoms with Crippen molar-refractivity contribution in [3.05, 3.63) is 22.9 Å². The van der Waals surface area contributed by atoms with Crippen molar-refractivity contribution < 1.29 is 0 Å². The van der Waals surface area contributed by atoms with Crippen molar-refractivity contribution in [1.82, 2.24) is 4.98 Å². The first kappa shape index (κ1) is 10.9. The standard InChI is InChI=1S/C12H17BrN2/c1-9-4-2-5-10(8-9)15-11-6-3-7-14-12(11)13/h3,6-7,9-10,15H,2,4-5,8H2,1H3. The second kappa shape index (κ2) is 4.97. The highest BCUT2D eigenvalue weighted by Gasteiger charge is 2.19. The zero-order chi connectivity index (χ0) is 10.7. The zero-order valence-corrected chi connectivity index (χ0v) is 10.6. The summed E-state index contributed by atoms with van der Waals surface area (Å²) in [5, 5.41) is 3.57. The van der Waals surface area contributed by atoms with E-state index in [1.165, 1.54) is 25.7 Å². The molecule has 1 N–H and O–H groups in total. The lowest BCUT2D eigenvalue weighted by atomic mass is 9.87. The Kier molecular flexibility index (Phi) is 3.62. The van der Waals surface area contributed by atoms with Gasteiger partial charge in [0.2, 0.25) is 0 Å². The molecule has 0 radical (unpaired) electrons. The van der Waals surface area contributed by atoms with E-state index >= 15 is 0 Å². The SMILES string of the molecule is CC1CCCC(Nc2cccnc2Br)C1. The maximum Gasteiger partial charge on any atom is 0.129 e. The fourth-order valence-corrected chi connectivity index (χ4v) is 2.64. The van der Waals surface area contributed by atoms with Crippen LogP contribution in [-0.4, -0.2) is 11.0 Å². The highest BCUT2D eigenvalue weighted by Crippen LogP contribution is 2.28. The van der Waals surface area contributed by atoms with Crippen molar-refractivity contribution >= 4 is 21.6 Å². The number of nitrogens with zero attached hydrogens (tertiary/aromatic N) is 1. The molecule has 0 spiro atoms. The molecule has 2 atom stereocenters. The van der Waals surface area contributed by atoms with Gasteiger partial charge in [0.05, 0.1) is 5.69 Å². The Labute approximate surface area is 99.6 Å². The highest BCUT2D eigenvalue weighted by molar-refractivity contribution is 9.10. The molecule has 1 fully saturated rings. The Morgan fingerprint density at radius 2 is 2.33 bits per heavy atom. The van der Waals surface area contributed by atoms with Gasteiger partial charge < -0.3 is 5.32 Å². The van der Waals surface area contributed by atoms with Gasteiger partial charge in [-0.25, -0.2) is 4.98 Å². The first-order valence-electron chi connectivity index (χ1n) is 5.63. The summed E-state index contributed by atoms with van der Waals surface area (Å²) in [5.41, 5.74) is 1.12. The molecule has 0 amide bonds. The van der Waals surface area contributed by atoms with Crippen molar-refractivity contribution in [2.75, 3.05) is 5.32 Å². The van der Waals surface area contributed by atoms with Gasteiger partial charge in [-0.15, -0.1) is 0 Å². The van der Waals surface area contributed by atoms with Gasteiger partial charge in [-0.1, -0.05) is 19.8 Å². The van der Waals surface area contributed by atoms with Crippen LogP contribution in [0.3, 0.4) is 0 Å². The number of anilines is 1. The second-order valence-electron chi connectivity index (χ2n) is 4.45. The number of pyridine rings is 1. The van der Waals surface area contributed by atoms with Crippen LogP contribution in [0.25, 0.3) is 0 Å². The van der Waals surface area contributed by atoms with Crippen LogP contribution in [0.1, 0.15) is 32.6 Å². The summed E-state index contributed by atoms with van der Waals surface area (Å²) in [6.45, 7) is 2.34. The maximum atomic E-state index is 4.22. The normalized spacial score (nSPS) is 26.3. The molecule has 82 valence electrons. The lowest BCUT2D eigenvalue weighted by molar-refractivity contribution is 0.358. The minimum Gasteiger partial charge on any atom is -0.380 e. The van der Waals surface area contributed by atoms with Gasteiger partial charge in [-0.05, 0) is 46.8 Å². The third kappa shape index (κ3) is 2.94. The third-order valence-corrected chi connectivity index (χ3v) is 3.69. The van der Waals surface area contributed by atoms with E-state index in [1.54, 1.807) is 6.20 Å². The van der Waals surface area contributed by atoms with Crippen LogP contribution in [0.5, 0.6) is 0 Å². The largest absolute Gasteiger partial charge is 0.380 e. The summed E-state index contributed by atoms with van der Waals surface area (Å²) in [5.74, 6) is 0.853. The summed E-state index contributed by atoms with van der Waals surface area (Å²) in [6.07, 6.45) is 7.09. The average molecular weight is 269 g/mol. The first-order chi connectivity index (χ1) is 7.25. The fourth-order valence-electron chi connectivity index (χ4n) is 2.28. The number of aromatic nitrogens is 1. The molecule has 0 aliphatic heterocycles. The molecule has 1 heterocycles. The van der Waals surface area contributed by atoms with Crippen LogP contribution in [0.15, 0.2) is 22.9 Å². The predicted molar refractivity (Wildman–Crippen MR) is 67.0 cm³/mol. The van der Waals surface area contributed by atoms with E-state index in [4.69, 9.17) is 0 Å². The molecule has 1 aliphatic rings. The molecule has 0 bridgehead atoms. The van der Waals surface area contributed by atoms with E-state index in [9.17, 15) is 0 Å². The molecule has 2 unspecified atom stereocenters. The van der Waals surface area contributed by atoms with Crippen molar-refractivity contribution in [2.45, 2.75) is 38.6 Å². The Balaban J connectivity index is 1.99. The van der Waals surface area contributed by atoms with E-state index in [2.05, 4.69) is 39.2 Å². The van der Waals surface area contributed by atoms with Gasteiger partial charge in [0.25, 0.3) is 0 Å². The van der Waals surface area contributed by atoms with Crippen LogP contribution < -0.4 is 5.32 Å². The Morgan fingerprint density at radius 1 is 1.47 bits per heavy atom. The van der Waals surface area contributed by atoms with E-state index in [1.807, 2.05) is 6.07 Å². The average Bonchev–Trinajstić information content (AvgIpc) is 2.22. The van der Waals surface area contributed by atoms with E-state index < -0.39 is 0 Å². The molecule has 0 aromatic carbocycles. The number of rotatable bonds is 2. The number of halogens is 1.